The Labute approximate surface area is 150 Å². The number of non-ortho nitro benzene ring substituents is 1. The molecule has 1 saturated heterocycles. The van der Waals surface area contributed by atoms with E-state index in [1.54, 1.807) is 12.1 Å². The highest BCUT2D eigenvalue weighted by molar-refractivity contribution is 5.66. The number of rotatable bonds is 4. The lowest BCUT2D eigenvalue weighted by atomic mass is 10.2. The van der Waals surface area contributed by atoms with Crippen molar-refractivity contribution in [3.63, 3.8) is 0 Å². The summed E-state index contributed by atoms with van der Waals surface area (Å²) in [6.07, 6.45) is -0.528. The minimum Gasteiger partial charge on any atom is -0.443 e. The number of amides is 1. The molecule has 0 aromatic heterocycles. The van der Waals surface area contributed by atoms with Crippen molar-refractivity contribution >= 4 is 17.5 Å². The lowest BCUT2D eigenvalue weighted by molar-refractivity contribution is -0.384. The maximum atomic E-state index is 12.2. The Morgan fingerprint density at radius 3 is 2.50 bits per heavy atom. The zero-order valence-electron chi connectivity index (χ0n) is 14.1. The van der Waals surface area contributed by atoms with Crippen LogP contribution in [0.15, 0.2) is 54.6 Å². The van der Waals surface area contributed by atoms with Crippen LogP contribution in [0.3, 0.4) is 0 Å². The molecule has 26 heavy (non-hydrogen) atoms. The number of anilines is 1. The van der Waals surface area contributed by atoms with Crippen LogP contribution in [0, 0.1) is 10.1 Å². The second-order valence-electron chi connectivity index (χ2n) is 5.74. The van der Waals surface area contributed by atoms with E-state index in [9.17, 15) is 14.9 Å². The highest BCUT2D eigenvalue weighted by atomic mass is 16.7. The molecule has 1 heterocycles. The summed E-state index contributed by atoms with van der Waals surface area (Å²) in [6, 6.07) is 15.8. The third kappa shape index (κ3) is 4.48. The van der Waals surface area contributed by atoms with Gasteiger partial charge >= 0.3 is 6.09 Å². The van der Waals surface area contributed by atoms with E-state index in [0.29, 0.717) is 26.2 Å². The molecule has 0 N–H and O–H groups in total. The Balaban J connectivity index is 1.54. The maximum absolute atomic E-state index is 12.2. The van der Waals surface area contributed by atoms with E-state index in [1.165, 1.54) is 17.2 Å². The molecule has 0 aliphatic carbocycles. The monoisotopic (exact) mass is 357 g/mol. The molecule has 1 fully saturated rings. The molecule has 136 valence electrons. The second-order valence-corrected chi connectivity index (χ2v) is 5.74. The number of hydrogen-bond acceptors (Lipinski definition) is 6. The molecule has 3 rings (SSSR count). The average Bonchev–Trinajstić information content (AvgIpc) is 2.93. The van der Waals surface area contributed by atoms with Crippen LogP contribution in [-0.2, 0) is 16.2 Å². The molecule has 0 bridgehead atoms. The van der Waals surface area contributed by atoms with Crippen molar-refractivity contribution in [1.82, 2.24) is 5.06 Å². The summed E-state index contributed by atoms with van der Waals surface area (Å²) in [5.74, 6) is 0. The first kappa shape index (κ1) is 17.7. The first-order valence-corrected chi connectivity index (χ1v) is 8.24. The van der Waals surface area contributed by atoms with Gasteiger partial charge in [0.1, 0.15) is 6.61 Å². The number of benzene rings is 2. The second kappa shape index (κ2) is 8.30. The van der Waals surface area contributed by atoms with Gasteiger partial charge in [-0.2, -0.15) is 5.06 Å². The lowest BCUT2D eigenvalue weighted by Crippen LogP contribution is -2.34. The van der Waals surface area contributed by atoms with Crippen molar-refractivity contribution in [1.29, 1.82) is 0 Å². The fourth-order valence-electron chi connectivity index (χ4n) is 2.63. The summed E-state index contributed by atoms with van der Waals surface area (Å²) >= 11 is 0. The van der Waals surface area contributed by atoms with Gasteiger partial charge < -0.3 is 9.64 Å². The van der Waals surface area contributed by atoms with Crippen molar-refractivity contribution in [3.8, 4) is 0 Å². The normalized spacial score (nSPS) is 14.6. The van der Waals surface area contributed by atoms with Crippen LogP contribution in [0.4, 0.5) is 16.2 Å². The number of nitrogens with zero attached hydrogens (tertiary/aromatic N) is 3. The Bertz CT molecular complexity index is 751. The third-order valence-electron chi connectivity index (χ3n) is 4.02. The molecule has 0 unspecified atom stereocenters. The first-order chi connectivity index (χ1) is 12.6. The molecule has 8 nitrogen and oxygen atoms in total. The smallest absolute Gasteiger partial charge is 0.434 e. The van der Waals surface area contributed by atoms with Crippen LogP contribution in [0.25, 0.3) is 0 Å². The summed E-state index contributed by atoms with van der Waals surface area (Å²) in [5.41, 5.74) is 1.80. The van der Waals surface area contributed by atoms with Gasteiger partial charge in [-0.05, 0) is 17.7 Å². The summed E-state index contributed by atoms with van der Waals surface area (Å²) in [7, 11) is 0. The van der Waals surface area contributed by atoms with Gasteiger partial charge in [-0.15, -0.1) is 0 Å². The van der Waals surface area contributed by atoms with Gasteiger partial charge in [0.15, 0.2) is 0 Å². The van der Waals surface area contributed by atoms with Crippen molar-refractivity contribution in [2.75, 3.05) is 31.1 Å². The van der Waals surface area contributed by atoms with Crippen LogP contribution >= 0.6 is 0 Å². The molecule has 0 spiro atoms. The third-order valence-corrected chi connectivity index (χ3v) is 4.02. The van der Waals surface area contributed by atoms with Gasteiger partial charge in [-0.25, -0.2) is 4.79 Å². The van der Waals surface area contributed by atoms with Crippen molar-refractivity contribution in [2.45, 2.75) is 6.61 Å². The quantitative estimate of drug-likeness (QED) is 0.618. The number of hydroxylamine groups is 2. The SMILES string of the molecule is O=C(OCc1ccccc1)N1CCN(c2ccc([N+](=O)[O-])cc2)CCO1. The summed E-state index contributed by atoms with van der Waals surface area (Å²) < 4.78 is 5.27. The van der Waals surface area contributed by atoms with E-state index in [-0.39, 0.29) is 12.3 Å². The minimum atomic E-state index is -0.528. The number of hydrogen-bond donors (Lipinski definition) is 0. The number of carbonyl (C=O) groups excluding carboxylic acids is 1. The van der Waals surface area contributed by atoms with E-state index in [1.807, 2.05) is 35.2 Å². The maximum Gasteiger partial charge on any atom is 0.434 e. The predicted octanol–water partition coefficient (Wildman–Crippen LogP) is 2.99. The Kier molecular flexibility index (Phi) is 5.65. The topological polar surface area (TPSA) is 85.2 Å². The fraction of sp³-hybridized carbons (Fsp3) is 0.278. The summed E-state index contributed by atoms with van der Waals surface area (Å²) in [5, 5.41) is 12.0. The van der Waals surface area contributed by atoms with Crippen LogP contribution in [0.1, 0.15) is 5.56 Å². The van der Waals surface area contributed by atoms with E-state index in [2.05, 4.69) is 0 Å². The Morgan fingerprint density at radius 1 is 1.08 bits per heavy atom. The van der Waals surface area contributed by atoms with Gasteiger partial charge in [0, 0.05) is 30.9 Å². The molecule has 1 aliphatic heterocycles. The van der Waals surface area contributed by atoms with E-state index < -0.39 is 11.0 Å². The van der Waals surface area contributed by atoms with Gasteiger partial charge in [-0.3, -0.25) is 15.0 Å². The zero-order chi connectivity index (χ0) is 18.4. The zero-order valence-corrected chi connectivity index (χ0v) is 14.1. The predicted molar refractivity (Wildman–Crippen MR) is 94.6 cm³/mol. The molecule has 1 aliphatic rings. The number of carbonyl (C=O) groups is 1. The van der Waals surface area contributed by atoms with E-state index >= 15 is 0 Å². The van der Waals surface area contributed by atoms with Crippen LogP contribution in [0.2, 0.25) is 0 Å². The highest BCUT2D eigenvalue weighted by Gasteiger charge is 2.22. The molecular weight excluding hydrogens is 338 g/mol. The van der Waals surface area contributed by atoms with Gasteiger partial charge in [0.25, 0.3) is 5.69 Å². The summed E-state index contributed by atoms with van der Waals surface area (Å²) in [4.78, 5) is 30.0. The van der Waals surface area contributed by atoms with E-state index in [0.717, 1.165) is 11.3 Å². The van der Waals surface area contributed by atoms with Gasteiger partial charge in [0.2, 0.25) is 0 Å². The largest absolute Gasteiger partial charge is 0.443 e. The fourth-order valence-corrected chi connectivity index (χ4v) is 2.63. The van der Waals surface area contributed by atoms with Crippen LogP contribution in [-0.4, -0.2) is 42.3 Å². The molecule has 0 atom stereocenters. The molecule has 2 aromatic carbocycles. The molecule has 8 heteroatoms. The Hall–Kier alpha value is -3.13. The van der Waals surface area contributed by atoms with Gasteiger partial charge in [0.05, 0.1) is 18.1 Å². The molecule has 0 radical (unpaired) electrons. The Morgan fingerprint density at radius 2 is 1.81 bits per heavy atom. The van der Waals surface area contributed by atoms with Gasteiger partial charge in [-0.1, -0.05) is 30.3 Å². The van der Waals surface area contributed by atoms with Crippen LogP contribution < -0.4 is 4.90 Å². The van der Waals surface area contributed by atoms with Crippen LogP contribution in [0.5, 0.6) is 0 Å². The number of ether oxygens (including phenoxy) is 1. The summed E-state index contributed by atoms with van der Waals surface area (Å²) in [6.45, 7) is 1.95. The molecule has 0 saturated carbocycles. The first-order valence-electron chi connectivity index (χ1n) is 8.24. The number of nitro benzene ring substituents is 1. The van der Waals surface area contributed by atoms with Crippen molar-refractivity contribution in [3.05, 3.63) is 70.3 Å². The number of nitro groups is 1. The van der Waals surface area contributed by atoms with E-state index in [4.69, 9.17) is 9.57 Å². The minimum absolute atomic E-state index is 0.0472. The highest BCUT2D eigenvalue weighted by Crippen LogP contribution is 2.20. The standard InChI is InChI=1S/C18H19N3O5/c22-18(25-14-15-4-2-1-3-5-15)20-11-10-19(12-13-26-20)16-6-8-17(9-7-16)21(23)24/h1-9H,10-14H2. The average molecular weight is 357 g/mol. The molecule has 2 aromatic rings. The molecule has 1 amide bonds. The lowest BCUT2D eigenvalue weighted by Gasteiger charge is -2.22. The molecular formula is C18H19N3O5. The van der Waals surface area contributed by atoms with Crippen molar-refractivity contribution < 1.29 is 19.3 Å². The van der Waals surface area contributed by atoms with Crippen molar-refractivity contribution in [2.24, 2.45) is 0 Å².